The first-order valence-electron chi connectivity index (χ1n) is 5.64. The van der Waals surface area contributed by atoms with Crippen molar-refractivity contribution in [3.8, 4) is 0 Å². The minimum atomic E-state index is -0.443. The molecule has 1 fully saturated rings. The molecule has 0 saturated carbocycles. The SMILES string of the molecule is CC1NC(=O)CCN(Cc2cccnc2)C1=O. The van der Waals surface area contributed by atoms with Gasteiger partial charge in [-0.3, -0.25) is 14.6 Å². The van der Waals surface area contributed by atoms with Crippen molar-refractivity contribution in [2.24, 2.45) is 0 Å². The van der Waals surface area contributed by atoms with E-state index in [-0.39, 0.29) is 11.8 Å². The second-order valence-electron chi connectivity index (χ2n) is 4.16. The Balaban J connectivity index is 2.09. The van der Waals surface area contributed by atoms with Gasteiger partial charge in [0.2, 0.25) is 11.8 Å². The lowest BCUT2D eigenvalue weighted by molar-refractivity contribution is -0.133. The summed E-state index contributed by atoms with van der Waals surface area (Å²) in [5.41, 5.74) is 0.974. The molecule has 1 aromatic rings. The fraction of sp³-hybridized carbons (Fsp3) is 0.417. The van der Waals surface area contributed by atoms with Gasteiger partial charge in [-0.1, -0.05) is 6.07 Å². The fourth-order valence-corrected chi connectivity index (χ4v) is 1.86. The first-order chi connectivity index (χ1) is 8.16. The Bertz CT molecular complexity index is 419. The summed E-state index contributed by atoms with van der Waals surface area (Å²) in [5.74, 6) is -0.112. The van der Waals surface area contributed by atoms with Crippen LogP contribution in [0.25, 0.3) is 0 Å². The highest BCUT2D eigenvalue weighted by atomic mass is 16.2. The Morgan fingerprint density at radius 2 is 2.35 bits per heavy atom. The lowest BCUT2D eigenvalue weighted by Crippen LogP contribution is -2.42. The molecule has 17 heavy (non-hydrogen) atoms. The van der Waals surface area contributed by atoms with Crippen LogP contribution >= 0.6 is 0 Å². The number of carbonyl (C=O) groups excluding carboxylic acids is 2. The highest BCUT2D eigenvalue weighted by Crippen LogP contribution is 2.08. The van der Waals surface area contributed by atoms with Crippen molar-refractivity contribution in [2.45, 2.75) is 25.9 Å². The van der Waals surface area contributed by atoms with Crippen LogP contribution in [0.5, 0.6) is 0 Å². The predicted molar refractivity (Wildman–Crippen MR) is 61.9 cm³/mol. The van der Waals surface area contributed by atoms with E-state index < -0.39 is 6.04 Å². The van der Waals surface area contributed by atoms with Crippen LogP contribution in [0, 0.1) is 0 Å². The van der Waals surface area contributed by atoms with Crippen LogP contribution in [0.4, 0.5) is 0 Å². The van der Waals surface area contributed by atoms with Gasteiger partial charge in [0, 0.05) is 31.9 Å². The molecule has 1 aromatic heterocycles. The normalized spacial score (nSPS) is 21.0. The van der Waals surface area contributed by atoms with E-state index in [1.54, 1.807) is 24.2 Å². The monoisotopic (exact) mass is 233 g/mol. The Kier molecular flexibility index (Phi) is 3.37. The summed E-state index contributed by atoms with van der Waals surface area (Å²) in [6.45, 7) is 2.68. The summed E-state index contributed by atoms with van der Waals surface area (Å²) in [6.07, 6.45) is 3.79. The lowest BCUT2D eigenvalue weighted by atomic mass is 10.2. The number of pyridine rings is 1. The highest BCUT2D eigenvalue weighted by molar-refractivity contribution is 5.89. The average Bonchev–Trinajstić information content (AvgIpc) is 2.44. The van der Waals surface area contributed by atoms with Crippen molar-refractivity contribution in [3.05, 3.63) is 30.1 Å². The van der Waals surface area contributed by atoms with Gasteiger partial charge in [-0.15, -0.1) is 0 Å². The molecule has 1 N–H and O–H groups in total. The molecule has 5 nitrogen and oxygen atoms in total. The maximum absolute atomic E-state index is 12.0. The number of rotatable bonds is 2. The molecule has 0 aliphatic carbocycles. The van der Waals surface area contributed by atoms with Gasteiger partial charge in [-0.25, -0.2) is 0 Å². The van der Waals surface area contributed by atoms with Gasteiger partial charge in [0.1, 0.15) is 6.04 Å². The number of nitrogens with zero attached hydrogens (tertiary/aromatic N) is 2. The van der Waals surface area contributed by atoms with Crippen LogP contribution in [-0.4, -0.2) is 34.3 Å². The summed E-state index contributed by atoms with van der Waals surface area (Å²) < 4.78 is 0. The molecule has 2 rings (SSSR count). The largest absolute Gasteiger partial charge is 0.345 e. The Morgan fingerprint density at radius 1 is 1.53 bits per heavy atom. The third kappa shape index (κ3) is 2.81. The van der Waals surface area contributed by atoms with Crippen LogP contribution in [0.1, 0.15) is 18.9 Å². The van der Waals surface area contributed by atoms with Gasteiger partial charge in [0.05, 0.1) is 0 Å². The van der Waals surface area contributed by atoms with Crippen molar-refractivity contribution in [3.63, 3.8) is 0 Å². The van der Waals surface area contributed by atoms with Crippen molar-refractivity contribution >= 4 is 11.8 Å². The number of hydrogen-bond donors (Lipinski definition) is 1. The number of carbonyl (C=O) groups is 2. The first-order valence-corrected chi connectivity index (χ1v) is 5.64. The molecular weight excluding hydrogens is 218 g/mol. The summed E-state index contributed by atoms with van der Waals surface area (Å²) in [4.78, 5) is 29.0. The Morgan fingerprint density at radius 3 is 3.06 bits per heavy atom. The van der Waals surface area contributed by atoms with E-state index in [1.165, 1.54) is 0 Å². The van der Waals surface area contributed by atoms with E-state index in [1.807, 2.05) is 12.1 Å². The quantitative estimate of drug-likeness (QED) is 0.800. The van der Waals surface area contributed by atoms with Gasteiger partial charge in [0.25, 0.3) is 0 Å². The summed E-state index contributed by atoms with van der Waals surface area (Å²) in [7, 11) is 0. The standard InChI is InChI=1S/C12H15N3O2/c1-9-12(17)15(6-4-11(16)14-9)8-10-3-2-5-13-7-10/h2-3,5,7,9H,4,6,8H2,1H3,(H,14,16). The van der Waals surface area contributed by atoms with E-state index in [0.29, 0.717) is 19.5 Å². The summed E-state index contributed by atoms with van der Waals surface area (Å²) in [5, 5.41) is 2.66. The molecule has 5 heteroatoms. The van der Waals surface area contributed by atoms with E-state index in [9.17, 15) is 9.59 Å². The van der Waals surface area contributed by atoms with E-state index in [0.717, 1.165) is 5.56 Å². The van der Waals surface area contributed by atoms with Crippen LogP contribution in [0.2, 0.25) is 0 Å². The zero-order valence-electron chi connectivity index (χ0n) is 9.72. The zero-order valence-corrected chi connectivity index (χ0v) is 9.72. The van der Waals surface area contributed by atoms with Crippen LogP contribution in [-0.2, 0) is 16.1 Å². The van der Waals surface area contributed by atoms with Crippen LogP contribution in [0.3, 0.4) is 0 Å². The Labute approximate surface area is 99.8 Å². The molecule has 1 aliphatic heterocycles. The van der Waals surface area contributed by atoms with Gasteiger partial charge in [0.15, 0.2) is 0 Å². The van der Waals surface area contributed by atoms with E-state index >= 15 is 0 Å². The predicted octanol–water partition coefficient (Wildman–Crippen LogP) is 0.319. The molecular formula is C12H15N3O2. The highest BCUT2D eigenvalue weighted by Gasteiger charge is 2.26. The van der Waals surface area contributed by atoms with Crippen LogP contribution in [0.15, 0.2) is 24.5 Å². The molecule has 2 amide bonds. The molecule has 0 aromatic carbocycles. The number of amides is 2. The third-order valence-electron chi connectivity index (χ3n) is 2.76. The van der Waals surface area contributed by atoms with Crippen LogP contribution < -0.4 is 5.32 Å². The van der Waals surface area contributed by atoms with Gasteiger partial charge in [-0.05, 0) is 18.6 Å². The van der Waals surface area contributed by atoms with Crippen molar-refractivity contribution in [1.82, 2.24) is 15.2 Å². The minimum absolute atomic E-state index is 0.0419. The lowest BCUT2D eigenvalue weighted by Gasteiger charge is -2.22. The molecule has 1 saturated heterocycles. The number of hydrogen-bond acceptors (Lipinski definition) is 3. The average molecular weight is 233 g/mol. The maximum atomic E-state index is 12.0. The molecule has 0 bridgehead atoms. The topological polar surface area (TPSA) is 62.3 Å². The Hall–Kier alpha value is -1.91. The van der Waals surface area contributed by atoms with Crippen molar-refractivity contribution in [1.29, 1.82) is 0 Å². The number of nitrogens with one attached hydrogen (secondary N) is 1. The first kappa shape index (κ1) is 11.6. The second kappa shape index (κ2) is 4.95. The number of aromatic nitrogens is 1. The zero-order chi connectivity index (χ0) is 12.3. The molecule has 1 unspecified atom stereocenters. The van der Waals surface area contributed by atoms with Crippen molar-refractivity contribution < 1.29 is 9.59 Å². The maximum Gasteiger partial charge on any atom is 0.245 e. The molecule has 1 aliphatic rings. The molecule has 0 spiro atoms. The molecule has 2 heterocycles. The van der Waals surface area contributed by atoms with E-state index in [2.05, 4.69) is 10.3 Å². The van der Waals surface area contributed by atoms with Gasteiger partial charge in [-0.2, -0.15) is 0 Å². The summed E-state index contributed by atoms with van der Waals surface area (Å²) in [6, 6.07) is 3.32. The molecule has 0 radical (unpaired) electrons. The van der Waals surface area contributed by atoms with E-state index in [4.69, 9.17) is 0 Å². The van der Waals surface area contributed by atoms with Gasteiger partial charge < -0.3 is 10.2 Å². The minimum Gasteiger partial charge on any atom is -0.345 e. The van der Waals surface area contributed by atoms with Gasteiger partial charge >= 0.3 is 0 Å². The van der Waals surface area contributed by atoms with Crippen molar-refractivity contribution in [2.75, 3.05) is 6.54 Å². The second-order valence-corrected chi connectivity index (χ2v) is 4.16. The summed E-state index contributed by atoms with van der Waals surface area (Å²) >= 11 is 0. The molecule has 90 valence electrons. The third-order valence-corrected chi connectivity index (χ3v) is 2.76. The fourth-order valence-electron chi connectivity index (χ4n) is 1.86. The smallest absolute Gasteiger partial charge is 0.245 e. The molecule has 1 atom stereocenters.